The maximum absolute atomic E-state index is 11.3. The number of oxazole rings is 1. The van der Waals surface area contributed by atoms with Crippen LogP contribution in [0.2, 0.25) is 0 Å². The number of fused-ring (bicyclic) bond motifs is 1. The number of rotatable bonds is 5. The molecule has 0 saturated heterocycles. The van der Waals surface area contributed by atoms with E-state index in [4.69, 9.17) is 10.3 Å². The minimum atomic E-state index is -0.0266. The van der Waals surface area contributed by atoms with Gasteiger partial charge in [0.05, 0.1) is 0 Å². The van der Waals surface area contributed by atoms with Gasteiger partial charge in [-0.2, -0.15) is 0 Å². The minimum absolute atomic E-state index is 0.0266. The quantitative estimate of drug-likeness (QED) is 0.387. The molecule has 5 heteroatoms. The number of hydrogen-bond acceptors (Lipinski definition) is 4. The van der Waals surface area contributed by atoms with Gasteiger partial charge in [0, 0.05) is 20.4 Å². The lowest BCUT2D eigenvalue weighted by Gasteiger charge is -2.09. The molecule has 2 aromatic rings. The van der Waals surface area contributed by atoms with Crippen molar-refractivity contribution in [1.29, 1.82) is 0 Å². The zero-order valence-electron chi connectivity index (χ0n) is 11.3. The first-order valence-electron chi connectivity index (χ1n) is 6.43. The van der Waals surface area contributed by atoms with Gasteiger partial charge in [-0.3, -0.25) is 9.80 Å². The summed E-state index contributed by atoms with van der Waals surface area (Å²) in [4.78, 5) is 15.6. The highest BCUT2D eigenvalue weighted by Crippen LogP contribution is 2.18. The smallest absolute Gasteiger partial charge is 0.236 e. The van der Waals surface area contributed by atoms with E-state index < -0.39 is 0 Å². The molecule has 1 aromatic carbocycles. The molecule has 2 N–H and O–H groups in total. The van der Waals surface area contributed by atoms with Gasteiger partial charge in [-0.25, -0.2) is 10.8 Å². The van der Waals surface area contributed by atoms with Gasteiger partial charge >= 0.3 is 0 Å². The Bertz CT molecular complexity index is 575. The Hall–Kier alpha value is -1.88. The summed E-state index contributed by atoms with van der Waals surface area (Å²) < 4.78 is 5.50. The van der Waals surface area contributed by atoms with Crippen molar-refractivity contribution in [2.45, 2.75) is 32.6 Å². The Balaban J connectivity index is 1.86. The Morgan fingerprint density at radius 3 is 2.95 bits per heavy atom. The Kier molecular flexibility index (Phi) is 4.16. The van der Waals surface area contributed by atoms with Crippen molar-refractivity contribution in [2.24, 2.45) is 5.84 Å². The summed E-state index contributed by atoms with van der Waals surface area (Å²) in [7, 11) is 1.57. The largest absolute Gasteiger partial charge is 0.441 e. The molecule has 0 spiro atoms. The van der Waals surface area contributed by atoms with Crippen LogP contribution in [0.15, 0.2) is 22.6 Å². The zero-order chi connectivity index (χ0) is 13.8. The molecule has 19 heavy (non-hydrogen) atoms. The topological polar surface area (TPSA) is 72.4 Å². The van der Waals surface area contributed by atoms with E-state index in [2.05, 4.69) is 11.1 Å². The number of carbonyl (C=O) groups excluding carboxylic acids is 1. The van der Waals surface area contributed by atoms with Crippen LogP contribution in [-0.2, 0) is 11.2 Å². The van der Waals surface area contributed by atoms with E-state index in [0.29, 0.717) is 12.3 Å². The molecule has 0 aliphatic heterocycles. The molecule has 1 aromatic heterocycles. The van der Waals surface area contributed by atoms with Crippen molar-refractivity contribution in [2.75, 3.05) is 7.05 Å². The van der Waals surface area contributed by atoms with Crippen molar-refractivity contribution >= 4 is 17.0 Å². The molecule has 102 valence electrons. The number of carbonyl (C=O) groups is 1. The molecule has 1 heterocycles. The zero-order valence-corrected chi connectivity index (χ0v) is 11.3. The Morgan fingerprint density at radius 1 is 1.42 bits per heavy atom. The minimum Gasteiger partial charge on any atom is -0.441 e. The third-order valence-corrected chi connectivity index (χ3v) is 3.06. The molecule has 0 saturated carbocycles. The fourth-order valence-electron chi connectivity index (χ4n) is 2.02. The van der Waals surface area contributed by atoms with Crippen molar-refractivity contribution in [3.8, 4) is 0 Å². The van der Waals surface area contributed by atoms with Gasteiger partial charge in [-0.05, 0) is 37.0 Å². The fourth-order valence-corrected chi connectivity index (χ4v) is 2.02. The molecule has 0 atom stereocenters. The number of nitrogens with zero attached hydrogens (tertiary/aromatic N) is 2. The molecular formula is C14H19N3O2. The first-order chi connectivity index (χ1) is 9.06. The van der Waals surface area contributed by atoms with Crippen LogP contribution < -0.4 is 5.84 Å². The van der Waals surface area contributed by atoms with Crippen LogP contribution in [0.25, 0.3) is 11.1 Å². The third-order valence-electron chi connectivity index (χ3n) is 3.06. The van der Waals surface area contributed by atoms with E-state index in [-0.39, 0.29) is 5.91 Å². The summed E-state index contributed by atoms with van der Waals surface area (Å²) >= 11 is 0. The summed E-state index contributed by atoms with van der Waals surface area (Å²) in [5.74, 6) is 6.02. The standard InChI is InChI=1S/C14H19N3O2/c1-10-16-12-8-7-11(9-13(12)19-10)5-3-4-6-14(18)17(2)15/h7-9H,3-6,15H2,1-2H3. The summed E-state index contributed by atoms with van der Waals surface area (Å²) in [6, 6.07) is 6.05. The number of aromatic nitrogens is 1. The maximum Gasteiger partial charge on any atom is 0.236 e. The first-order valence-corrected chi connectivity index (χ1v) is 6.43. The van der Waals surface area contributed by atoms with Crippen LogP contribution in [0, 0.1) is 6.92 Å². The average Bonchev–Trinajstić information content (AvgIpc) is 2.73. The molecule has 1 amide bonds. The molecule has 0 radical (unpaired) electrons. The van der Waals surface area contributed by atoms with E-state index in [1.165, 1.54) is 5.56 Å². The van der Waals surface area contributed by atoms with Crippen LogP contribution in [-0.4, -0.2) is 22.9 Å². The molecule has 0 aliphatic carbocycles. The number of amides is 1. The highest BCUT2D eigenvalue weighted by Gasteiger charge is 2.05. The van der Waals surface area contributed by atoms with Crippen molar-refractivity contribution < 1.29 is 9.21 Å². The van der Waals surface area contributed by atoms with E-state index in [1.54, 1.807) is 7.05 Å². The number of nitrogens with two attached hydrogens (primary N) is 1. The number of aryl methyl sites for hydroxylation is 2. The van der Waals surface area contributed by atoms with Gasteiger partial charge in [-0.1, -0.05) is 6.07 Å². The predicted octanol–water partition coefficient (Wildman–Crippen LogP) is 2.18. The van der Waals surface area contributed by atoms with Crippen LogP contribution in [0.5, 0.6) is 0 Å². The van der Waals surface area contributed by atoms with Crippen LogP contribution in [0.3, 0.4) is 0 Å². The van der Waals surface area contributed by atoms with Crippen LogP contribution >= 0.6 is 0 Å². The second-order valence-electron chi connectivity index (χ2n) is 4.75. The second-order valence-corrected chi connectivity index (χ2v) is 4.75. The number of hydrazine groups is 1. The Labute approximate surface area is 112 Å². The van der Waals surface area contributed by atoms with Gasteiger partial charge in [0.2, 0.25) is 5.91 Å². The van der Waals surface area contributed by atoms with E-state index >= 15 is 0 Å². The Morgan fingerprint density at radius 2 is 2.21 bits per heavy atom. The monoisotopic (exact) mass is 261 g/mol. The van der Waals surface area contributed by atoms with Crippen molar-refractivity contribution in [1.82, 2.24) is 9.99 Å². The van der Waals surface area contributed by atoms with Crippen molar-refractivity contribution in [3.05, 3.63) is 29.7 Å². The lowest BCUT2D eigenvalue weighted by molar-refractivity contribution is -0.130. The van der Waals surface area contributed by atoms with Gasteiger partial charge in [0.25, 0.3) is 0 Å². The average molecular weight is 261 g/mol. The molecule has 0 bridgehead atoms. The van der Waals surface area contributed by atoms with Gasteiger partial charge in [0.1, 0.15) is 5.52 Å². The SMILES string of the molecule is Cc1nc2ccc(CCCCC(=O)N(C)N)cc2o1. The summed E-state index contributed by atoms with van der Waals surface area (Å²) in [6.07, 6.45) is 3.22. The van der Waals surface area contributed by atoms with E-state index in [0.717, 1.165) is 35.4 Å². The van der Waals surface area contributed by atoms with Gasteiger partial charge < -0.3 is 4.42 Å². The first kappa shape index (κ1) is 13.5. The summed E-state index contributed by atoms with van der Waals surface area (Å²) in [5, 5.41) is 1.14. The molecule has 2 rings (SSSR count). The summed E-state index contributed by atoms with van der Waals surface area (Å²) in [6.45, 7) is 1.84. The van der Waals surface area contributed by atoms with Gasteiger partial charge in [-0.15, -0.1) is 0 Å². The number of hydrogen-bond donors (Lipinski definition) is 1. The highest BCUT2D eigenvalue weighted by atomic mass is 16.3. The van der Waals surface area contributed by atoms with E-state index in [1.807, 2.05) is 19.1 Å². The highest BCUT2D eigenvalue weighted by molar-refractivity contribution is 5.75. The van der Waals surface area contributed by atoms with Crippen LogP contribution in [0.4, 0.5) is 0 Å². The molecule has 5 nitrogen and oxygen atoms in total. The van der Waals surface area contributed by atoms with Crippen LogP contribution in [0.1, 0.15) is 30.7 Å². The number of benzene rings is 1. The second kappa shape index (κ2) is 5.84. The third kappa shape index (κ3) is 3.54. The predicted molar refractivity (Wildman–Crippen MR) is 73.3 cm³/mol. The van der Waals surface area contributed by atoms with Gasteiger partial charge in [0.15, 0.2) is 11.5 Å². The molecule has 0 fully saturated rings. The van der Waals surface area contributed by atoms with E-state index in [9.17, 15) is 4.79 Å². The lowest BCUT2D eigenvalue weighted by Crippen LogP contribution is -2.32. The fraction of sp³-hybridized carbons (Fsp3) is 0.429. The number of unbranched alkanes of at least 4 members (excludes halogenated alkanes) is 1. The maximum atomic E-state index is 11.3. The lowest BCUT2D eigenvalue weighted by atomic mass is 10.1. The normalized spacial score (nSPS) is 10.9. The molecule has 0 aliphatic rings. The molecule has 0 unspecified atom stereocenters. The summed E-state index contributed by atoms with van der Waals surface area (Å²) in [5.41, 5.74) is 2.92. The molecular weight excluding hydrogens is 242 g/mol. The van der Waals surface area contributed by atoms with Crippen molar-refractivity contribution in [3.63, 3.8) is 0 Å².